The Morgan fingerprint density at radius 3 is 2.21 bits per heavy atom. The van der Waals surface area contributed by atoms with Crippen molar-refractivity contribution in [2.45, 2.75) is 4.90 Å². The van der Waals surface area contributed by atoms with Crippen molar-refractivity contribution in [3.63, 3.8) is 0 Å². The van der Waals surface area contributed by atoms with E-state index < -0.39 is 19.9 Å². The average Bonchev–Trinajstić information content (AvgIpc) is 2.78. The van der Waals surface area contributed by atoms with Gasteiger partial charge in [-0.05, 0) is 36.4 Å². The second-order valence-corrected chi connectivity index (χ2v) is 8.60. The number of azo groups is 1. The predicted molar refractivity (Wildman–Crippen MR) is 124 cm³/mol. The van der Waals surface area contributed by atoms with Crippen LogP contribution >= 0.6 is 11.6 Å². The van der Waals surface area contributed by atoms with Gasteiger partial charge in [-0.2, -0.15) is 0 Å². The van der Waals surface area contributed by atoms with E-state index in [1.165, 1.54) is 24.3 Å². The molecule has 0 unspecified atom stereocenters. The maximum Gasteiger partial charge on any atom is 1.00 e. The summed E-state index contributed by atoms with van der Waals surface area (Å²) in [7, 11) is -4.79. The van der Waals surface area contributed by atoms with Crippen molar-refractivity contribution >= 4 is 60.9 Å². The second kappa shape index (κ2) is 10.6. The van der Waals surface area contributed by atoms with Gasteiger partial charge in [0.25, 0.3) is 5.69 Å². The van der Waals surface area contributed by atoms with E-state index in [4.69, 9.17) is 11.6 Å². The zero-order chi connectivity index (χ0) is 23.6. The van der Waals surface area contributed by atoms with Crippen LogP contribution in [-0.4, -0.2) is 17.9 Å². The number of rotatable bonds is 6. The number of hydrogen-bond acceptors (Lipinski definition) is 8. The maximum absolute atomic E-state index is 12.0. The molecule has 34 heavy (non-hydrogen) atoms. The normalized spacial score (nSPS) is 11.4. The van der Waals surface area contributed by atoms with Crippen LogP contribution in [0.2, 0.25) is 5.02 Å². The number of benzene rings is 4. The molecule has 0 spiro atoms. The first-order valence-electron chi connectivity index (χ1n) is 9.43. The van der Waals surface area contributed by atoms with E-state index in [0.717, 1.165) is 6.07 Å². The first-order chi connectivity index (χ1) is 15.7. The third-order valence-corrected chi connectivity index (χ3v) is 5.89. The van der Waals surface area contributed by atoms with Crippen LogP contribution in [0, 0.1) is 10.1 Å². The Labute approximate surface area is 221 Å². The van der Waals surface area contributed by atoms with Gasteiger partial charge >= 0.3 is 29.6 Å². The molecule has 0 aromatic heterocycles. The van der Waals surface area contributed by atoms with Gasteiger partial charge in [0.15, 0.2) is 0 Å². The van der Waals surface area contributed by atoms with Gasteiger partial charge in [-0.15, -0.1) is 10.2 Å². The molecular formula is C22H14ClN4NaO5S. The SMILES string of the molecule is O=[N+]([O-])c1ccc(N=Nc2ccc(Nc3ccccc3)c3c(S(=O)(=O)[O-])cccc23)c(Cl)c1.[Na+]. The molecule has 0 atom stereocenters. The van der Waals surface area contributed by atoms with Crippen molar-refractivity contribution in [1.82, 2.24) is 0 Å². The van der Waals surface area contributed by atoms with Crippen LogP contribution in [0.1, 0.15) is 0 Å². The smallest absolute Gasteiger partial charge is 0.744 e. The van der Waals surface area contributed by atoms with Crippen LogP contribution in [0.15, 0.2) is 94.0 Å². The summed E-state index contributed by atoms with van der Waals surface area (Å²) < 4.78 is 35.9. The number of nitrogens with one attached hydrogen (secondary N) is 1. The summed E-state index contributed by atoms with van der Waals surface area (Å²) in [4.78, 5) is 9.90. The molecule has 0 bridgehead atoms. The van der Waals surface area contributed by atoms with E-state index in [1.807, 2.05) is 18.2 Å². The van der Waals surface area contributed by atoms with Crippen LogP contribution in [0.4, 0.5) is 28.4 Å². The minimum atomic E-state index is -4.79. The number of non-ortho nitro benzene ring substituents is 1. The van der Waals surface area contributed by atoms with E-state index in [-0.39, 0.29) is 57.0 Å². The number of halogens is 1. The van der Waals surface area contributed by atoms with Gasteiger partial charge < -0.3 is 9.87 Å². The van der Waals surface area contributed by atoms with Crippen LogP contribution in [0.3, 0.4) is 0 Å². The molecule has 166 valence electrons. The summed E-state index contributed by atoms with van der Waals surface area (Å²) in [5, 5.41) is 22.8. The van der Waals surface area contributed by atoms with Crippen molar-refractivity contribution in [2.75, 3.05) is 5.32 Å². The summed E-state index contributed by atoms with van der Waals surface area (Å²) >= 11 is 6.07. The number of anilines is 2. The quantitative estimate of drug-likeness (QED) is 0.140. The van der Waals surface area contributed by atoms with Gasteiger partial charge in [0, 0.05) is 34.3 Å². The largest absolute Gasteiger partial charge is 1.00 e. The van der Waals surface area contributed by atoms with E-state index in [9.17, 15) is 23.1 Å². The molecule has 0 radical (unpaired) electrons. The first-order valence-corrected chi connectivity index (χ1v) is 11.2. The molecule has 0 aliphatic heterocycles. The predicted octanol–water partition coefficient (Wildman–Crippen LogP) is 3.47. The molecule has 0 amide bonds. The van der Waals surface area contributed by atoms with Gasteiger partial charge in [0.1, 0.15) is 15.8 Å². The molecule has 9 nitrogen and oxygen atoms in total. The van der Waals surface area contributed by atoms with Gasteiger partial charge in [-0.25, -0.2) is 8.42 Å². The van der Waals surface area contributed by atoms with Crippen LogP contribution < -0.4 is 34.9 Å². The minimum Gasteiger partial charge on any atom is -0.744 e. The molecule has 12 heteroatoms. The molecule has 4 aromatic rings. The van der Waals surface area contributed by atoms with Gasteiger partial charge in [-0.1, -0.05) is 41.9 Å². The summed E-state index contributed by atoms with van der Waals surface area (Å²) in [6.07, 6.45) is 0. The van der Waals surface area contributed by atoms with Crippen molar-refractivity contribution in [3.8, 4) is 0 Å². The summed E-state index contributed by atoms with van der Waals surface area (Å²) in [6.45, 7) is 0. The third-order valence-electron chi connectivity index (χ3n) is 4.71. The Balaban J connectivity index is 0.00000324. The molecule has 0 saturated carbocycles. The number of fused-ring (bicyclic) bond motifs is 1. The van der Waals surface area contributed by atoms with Gasteiger partial charge in [-0.3, -0.25) is 10.1 Å². The molecule has 0 heterocycles. The van der Waals surface area contributed by atoms with Gasteiger partial charge in [0.05, 0.1) is 20.5 Å². The first kappa shape index (κ1) is 25.8. The van der Waals surface area contributed by atoms with E-state index >= 15 is 0 Å². The number of nitro benzene ring substituents is 1. The maximum atomic E-state index is 12.0. The molecule has 0 fully saturated rings. The number of nitrogens with zero attached hydrogens (tertiary/aromatic N) is 3. The average molecular weight is 505 g/mol. The Bertz CT molecular complexity index is 1520. The van der Waals surface area contributed by atoms with Crippen molar-refractivity contribution in [2.24, 2.45) is 10.2 Å². The number of nitro groups is 1. The molecule has 1 N–H and O–H groups in total. The fourth-order valence-electron chi connectivity index (χ4n) is 3.23. The third kappa shape index (κ3) is 5.61. The Kier molecular flexibility index (Phi) is 8.03. The summed E-state index contributed by atoms with van der Waals surface area (Å²) in [6, 6.07) is 20.3. The molecule has 0 saturated heterocycles. The Hall–Kier alpha value is -2.86. The second-order valence-electron chi connectivity index (χ2n) is 6.85. The number of para-hydroxylation sites is 1. The van der Waals surface area contributed by atoms with Crippen LogP contribution in [-0.2, 0) is 10.1 Å². The fraction of sp³-hybridized carbons (Fsp3) is 0. The van der Waals surface area contributed by atoms with E-state index in [2.05, 4.69) is 15.5 Å². The molecule has 4 aromatic carbocycles. The van der Waals surface area contributed by atoms with E-state index in [1.54, 1.807) is 30.3 Å². The van der Waals surface area contributed by atoms with Crippen LogP contribution in [0.5, 0.6) is 0 Å². The Morgan fingerprint density at radius 1 is 0.882 bits per heavy atom. The summed E-state index contributed by atoms with van der Waals surface area (Å²) in [5.74, 6) is 0. The molecule has 4 rings (SSSR count). The zero-order valence-electron chi connectivity index (χ0n) is 17.7. The Morgan fingerprint density at radius 2 is 1.56 bits per heavy atom. The van der Waals surface area contributed by atoms with Crippen molar-refractivity contribution < 1.29 is 47.5 Å². The minimum absolute atomic E-state index is 0. The zero-order valence-corrected chi connectivity index (χ0v) is 21.2. The topological polar surface area (TPSA) is 137 Å². The van der Waals surface area contributed by atoms with Crippen molar-refractivity contribution in [1.29, 1.82) is 0 Å². The van der Waals surface area contributed by atoms with Crippen LogP contribution in [0.25, 0.3) is 10.8 Å². The van der Waals surface area contributed by atoms with E-state index in [0.29, 0.717) is 16.8 Å². The molecule has 0 aliphatic carbocycles. The summed E-state index contributed by atoms with van der Waals surface area (Å²) in [5.41, 5.74) is 1.38. The standard InChI is InChI=1S/C22H15ClN4O5S.Na/c23-17-13-15(27(28)29)9-10-19(17)26-25-18-11-12-20(24-14-5-2-1-3-6-14)22-16(18)7-4-8-21(22)33(30,31)32;/h1-13,24H,(H,30,31,32);/q;+1/p-1. The fourth-order valence-corrected chi connectivity index (χ4v) is 4.16. The van der Waals surface area contributed by atoms with Gasteiger partial charge in [0.2, 0.25) is 0 Å². The monoisotopic (exact) mass is 504 g/mol. The molecule has 0 aliphatic rings. The molecular weight excluding hydrogens is 491 g/mol. The number of hydrogen-bond donors (Lipinski definition) is 1. The van der Waals surface area contributed by atoms with Crippen molar-refractivity contribution in [3.05, 3.63) is 94.0 Å².